The van der Waals surface area contributed by atoms with Gasteiger partial charge in [0.15, 0.2) is 17.7 Å². The van der Waals surface area contributed by atoms with Crippen LogP contribution in [0, 0.1) is 11.6 Å². The second kappa shape index (κ2) is 6.10. The number of hydrogen-bond acceptors (Lipinski definition) is 3. The fraction of sp³-hybridized carbons (Fsp3) is 0.273. The van der Waals surface area contributed by atoms with E-state index < -0.39 is 41.5 Å². The lowest BCUT2D eigenvalue weighted by molar-refractivity contribution is -0.141. The number of carbonyl (C=O) groups is 2. The molecule has 0 bridgehead atoms. The van der Waals surface area contributed by atoms with Gasteiger partial charge in [0.05, 0.1) is 11.8 Å². The number of aliphatic hydroxyl groups excluding tert-OH is 1. The van der Waals surface area contributed by atoms with Crippen LogP contribution in [0.15, 0.2) is 18.2 Å². The first-order chi connectivity index (χ1) is 8.82. The summed E-state index contributed by atoms with van der Waals surface area (Å²) in [6, 6.07) is 0.524. The largest absolute Gasteiger partial charge is 0.480 e. The van der Waals surface area contributed by atoms with Crippen molar-refractivity contribution in [3.05, 3.63) is 29.8 Å². The molecule has 2 amide bonds. The summed E-state index contributed by atoms with van der Waals surface area (Å²) in [5, 5.41) is 21.7. The molecule has 4 N–H and O–H groups in total. The van der Waals surface area contributed by atoms with Gasteiger partial charge in [-0.25, -0.2) is 18.4 Å². The highest BCUT2D eigenvalue weighted by Gasteiger charge is 2.25. The third kappa shape index (κ3) is 3.88. The fourth-order valence-electron chi connectivity index (χ4n) is 1.29. The number of carboxylic acid groups (broad SMARTS) is 1. The first kappa shape index (κ1) is 14.8. The van der Waals surface area contributed by atoms with Gasteiger partial charge in [-0.3, -0.25) is 0 Å². The molecule has 0 saturated heterocycles. The maximum atomic E-state index is 13.2. The number of anilines is 1. The predicted octanol–water partition coefficient (Wildman–Crippen LogP) is 0.920. The molecule has 0 saturated carbocycles. The minimum absolute atomic E-state index is 0.438. The summed E-state index contributed by atoms with van der Waals surface area (Å²) in [5.74, 6) is -3.87. The van der Waals surface area contributed by atoms with Crippen molar-refractivity contribution >= 4 is 17.7 Å². The molecule has 0 aliphatic carbocycles. The highest BCUT2D eigenvalue weighted by atomic mass is 19.2. The van der Waals surface area contributed by atoms with Crippen molar-refractivity contribution in [1.29, 1.82) is 0 Å². The molecule has 1 aromatic carbocycles. The van der Waals surface area contributed by atoms with Crippen molar-refractivity contribution < 1.29 is 28.6 Å². The van der Waals surface area contributed by atoms with Gasteiger partial charge in [0, 0.05) is 0 Å². The van der Waals surface area contributed by atoms with Crippen molar-refractivity contribution in [3.63, 3.8) is 0 Å². The highest BCUT2D eigenvalue weighted by molar-refractivity contribution is 5.92. The molecule has 0 heterocycles. The number of carboxylic acids is 1. The van der Waals surface area contributed by atoms with Crippen LogP contribution in [0.2, 0.25) is 0 Å². The van der Waals surface area contributed by atoms with E-state index in [4.69, 9.17) is 10.2 Å². The number of nitrogens with one attached hydrogen (secondary N) is 2. The van der Waals surface area contributed by atoms with Crippen molar-refractivity contribution in [2.75, 3.05) is 5.32 Å². The van der Waals surface area contributed by atoms with Gasteiger partial charge in [-0.05, 0) is 19.1 Å². The van der Waals surface area contributed by atoms with E-state index in [1.54, 1.807) is 0 Å². The van der Waals surface area contributed by atoms with E-state index in [2.05, 4.69) is 0 Å². The van der Waals surface area contributed by atoms with Gasteiger partial charge in [0.25, 0.3) is 0 Å². The smallest absolute Gasteiger partial charge is 0.328 e. The Morgan fingerprint density at radius 2 is 1.95 bits per heavy atom. The number of benzene rings is 1. The quantitative estimate of drug-likeness (QED) is 0.656. The van der Waals surface area contributed by atoms with Gasteiger partial charge in [-0.15, -0.1) is 0 Å². The zero-order valence-electron chi connectivity index (χ0n) is 9.85. The molecule has 0 fully saturated rings. The van der Waals surface area contributed by atoms with Gasteiger partial charge >= 0.3 is 12.0 Å². The van der Waals surface area contributed by atoms with Crippen LogP contribution < -0.4 is 10.6 Å². The molecule has 0 spiro atoms. The predicted molar refractivity (Wildman–Crippen MR) is 61.6 cm³/mol. The molecule has 1 rings (SSSR count). The Bertz CT molecular complexity index is 494. The minimum Gasteiger partial charge on any atom is -0.480 e. The first-order valence-corrected chi connectivity index (χ1v) is 5.25. The van der Waals surface area contributed by atoms with E-state index in [0.717, 1.165) is 12.1 Å². The Hall–Kier alpha value is -2.22. The molecule has 19 heavy (non-hydrogen) atoms. The van der Waals surface area contributed by atoms with Crippen molar-refractivity contribution in [1.82, 2.24) is 5.32 Å². The minimum atomic E-state index is -1.56. The van der Waals surface area contributed by atoms with E-state index in [1.807, 2.05) is 10.6 Å². The molecule has 2 unspecified atom stereocenters. The zero-order chi connectivity index (χ0) is 14.6. The first-order valence-electron chi connectivity index (χ1n) is 5.25. The normalized spacial score (nSPS) is 13.5. The lowest BCUT2D eigenvalue weighted by atomic mass is 10.2. The molecular formula is C11H12F2N2O4. The maximum Gasteiger partial charge on any atom is 0.328 e. The Labute approximate surface area is 107 Å². The maximum absolute atomic E-state index is 13.2. The Balaban J connectivity index is 2.75. The van der Waals surface area contributed by atoms with Gasteiger partial charge in [-0.2, -0.15) is 0 Å². The van der Waals surface area contributed by atoms with E-state index in [1.165, 1.54) is 13.0 Å². The molecule has 0 aliphatic rings. The SMILES string of the molecule is CC(O)C(NC(=O)Nc1cccc(F)c1F)C(=O)O. The van der Waals surface area contributed by atoms with Gasteiger partial charge in [0.2, 0.25) is 0 Å². The number of urea groups is 1. The number of aliphatic carboxylic acids is 1. The summed E-state index contributed by atoms with van der Waals surface area (Å²) in [6.45, 7) is 1.17. The second-order valence-electron chi connectivity index (χ2n) is 3.76. The fourth-order valence-corrected chi connectivity index (χ4v) is 1.29. The third-order valence-electron chi connectivity index (χ3n) is 2.23. The number of amides is 2. The van der Waals surface area contributed by atoms with Crippen LogP contribution in [0.5, 0.6) is 0 Å². The molecule has 104 valence electrons. The summed E-state index contributed by atoms with van der Waals surface area (Å²) in [4.78, 5) is 22.1. The Kier molecular flexibility index (Phi) is 4.76. The lowest BCUT2D eigenvalue weighted by Gasteiger charge is -2.17. The van der Waals surface area contributed by atoms with Crippen LogP contribution in [0.25, 0.3) is 0 Å². The number of aliphatic hydroxyl groups is 1. The van der Waals surface area contributed by atoms with Crippen LogP contribution in [0.3, 0.4) is 0 Å². The number of rotatable bonds is 4. The average Bonchev–Trinajstić information content (AvgIpc) is 2.31. The van der Waals surface area contributed by atoms with Crippen LogP contribution in [0.4, 0.5) is 19.3 Å². The highest BCUT2D eigenvalue weighted by Crippen LogP contribution is 2.16. The third-order valence-corrected chi connectivity index (χ3v) is 2.23. The van der Waals surface area contributed by atoms with Crippen LogP contribution >= 0.6 is 0 Å². The van der Waals surface area contributed by atoms with Crippen molar-refractivity contribution in [2.24, 2.45) is 0 Å². The molecule has 1 aromatic rings. The molecule has 6 nitrogen and oxygen atoms in total. The van der Waals surface area contributed by atoms with E-state index in [-0.39, 0.29) is 0 Å². The van der Waals surface area contributed by atoms with Crippen LogP contribution in [0.1, 0.15) is 6.92 Å². The molecule has 2 atom stereocenters. The van der Waals surface area contributed by atoms with Gasteiger partial charge in [0.1, 0.15) is 0 Å². The van der Waals surface area contributed by atoms with Crippen LogP contribution in [-0.2, 0) is 4.79 Å². The molecule has 8 heteroatoms. The Morgan fingerprint density at radius 1 is 1.32 bits per heavy atom. The molecule has 0 aliphatic heterocycles. The Morgan fingerprint density at radius 3 is 2.47 bits per heavy atom. The summed E-state index contributed by atoms with van der Waals surface area (Å²) in [6.07, 6.45) is -1.35. The van der Waals surface area contributed by atoms with Crippen molar-refractivity contribution in [3.8, 4) is 0 Å². The summed E-state index contributed by atoms with van der Waals surface area (Å²) in [5.41, 5.74) is -0.438. The summed E-state index contributed by atoms with van der Waals surface area (Å²) in [7, 11) is 0. The monoisotopic (exact) mass is 274 g/mol. The standard InChI is InChI=1S/C11H12F2N2O4/c1-5(16)9(10(17)18)15-11(19)14-7-4-2-3-6(12)8(7)13/h2-5,9,16H,1H3,(H,17,18)(H2,14,15,19). The van der Waals surface area contributed by atoms with E-state index in [9.17, 15) is 18.4 Å². The van der Waals surface area contributed by atoms with Crippen LogP contribution in [-0.4, -0.2) is 34.4 Å². The van der Waals surface area contributed by atoms with E-state index in [0.29, 0.717) is 0 Å². The van der Waals surface area contributed by atoms with Gasteiger partial charge in [-0.1, -0.05) is 6.07 Å². The lowest BCUT2D eigenvalue weighted by Crippen LogP contribution is -2.49. The summed E-state index contributed by atoms with van der Waals surface area (Å²) >= 11 is 0. The van der Waals surface area contributed by atoms with Gasteiger partial charge < -0.3 is 20.8 Å². The van der Waals surface area contributed by atoms with Crippen molar-refractivity contribution in [2.45, 2.75) is 19.1 Å². The topological polar surface area (TPSA) is 98.7 Å². The van der Waals surface area contributed by atoms with E-state index >= 15 is 0 Å². The molecular weight excluding hydrogens is 262 g/mol. The average molecular weight is 274 g/mol. The number of halogens is 2. The number of hydrogen-bond donors (Lipinski definition) is 4. The summed E-state index contributed by atoms with van der Waals surface area (Å²) < 4.78 is 26.1. The second-order valence-corrected chi connectivity index (χ2v) is 3.76. The number of carbonyl (C=O) groups excluding carboxylic acids is 1. The molecule has 0 radical (unpaired) electrons. The zero-order valence-corrected chi connectivity index (χ0v) is 9.85. The molecule has 0 aromatic heterocycles.